The SMILES string of the molecule is CNc1nc(CCOC)ns1. The average Bonchev–Trinajstić information content (AvgIpc) is 2.48. The van der Waals surface area contributed by atoms with Crippen molar-refractivity contribution in [1.29, 1.82) is 0 Å². The van der Waals surface area contributed by atoms with E-state index in [1.54, 1.807) is 7.11 Å². The smallest absolute Gasteiger partial charge is 0.202 e. The van der Waals surface area contributed by atoms with Gasteiger partial charge in [-0.2, -0.15) is 4.37 Å². The van der Waals surface area contributed by atoms with Crippen LogP contribution in [0.2, 0.25) is 0 Å². The molecule has 62 valence electrons. The van der Waals surface area contributed by atoms with Crippen LogP contribution in [0.1, 0.15) is 5.82 Å². The number of methoxy groups -OCH3 is 1. The van der Waals surface area contributed by atoms with Crippen molar-refractivity contribution in [2.24, 2.45) is 0 Å². The Balaban J connectivity index is 2.44. The van der Waals surface area contributed by atoms with Crippen molar-refractivity contribution < 1.29 is 4.74 Å². The largest absolute Gasteiger partial charge is 0.384 e. The molecule has 1 rings (SSSR count). The molecule has 4 nitrogen and oxygen atoms in total. The van der Waals surface area contributed by atoms with Crippen LogP contribution in [0.15, 0.2) is 0 Å². The first-order valence-corrected chi connectivity index (χ1v) is 4.13. The van der Waals surface area contributed by atoms with Crippen LogP contribution >= 0.6 is 11.5 Å². The minimum atomic E-state index is 0.680. The summed E-state index contributed by atoms with van der Waals surface area (Å²) in [6.45, 7) is 0.680. The summed E-state index contributed by atoms with van der Waals surface area (Å²) in [4.78, 5) is 4.18. The van der Waals surface area contributed by atoms with Crippen molar-refractivity contribution in [3.05, 3.63) is 5.82 Å². The molecule has 0 aliphatic heterocycles. The van der Waals surface area contributed by atoms with Crippen molar-refractivity contribution >= 4 is 16.7 Å². The maximum atomic E-state index is 4.89. The Hall–Kier alpha value is -0.680. The van der Waals surface area contributed by atoms with Crippen molar-refractivity contribution in [2.75, 3.05) is 26.1 Å². The van der Waals surface area contributed by atoms with Gasteiger partial charge in [0.1, 0.15) is 5.82 Å². The van der Waals surface area contributed by atoms with Crippen molar-refractivity contribution in [1.82, 2.24) is 9.36 Å². The molecule has 11 heavy (non-hydrogen) atoms. The summed E-state index contributed by atoms with van der Waals surface area (Å²) in [5, 5.41) is 3.79. The van der Waals surface area contributed by atoms with Gasteiger partial charge >= 0.3 is 0 Å². The third kappa shape index (κ3) is 2.44. The Morgan fingerprint density at radius 2 is 2.45 bits per heavy atom. The monoisotopic (exact) mass is 173 g/mol. The highest BCUT2D eigenvalue weighted by atomic mass is 32.1. The molecule has 1 N–H and O–H groups in total. The summed E-state index contributed by atoms with van der Waals surface area (Å²) in [7, 11) is 3.51. The summed E-state index contributed by atoms with van der Waals surface area (Å²) < 4.78 is 9.01. The van der Waals surface area contributed by atoms with Crippen molar-refractivity contribution in [3.63, 3.8) is 0 Å². The van der Waals surface area contributed by atoms with E-state index in [1.807, 2.05) is 7.05 Å². The maximum absolute atomic E-state index is 4.89. The number of ether oxygens (including phenoxy) is 1. The molecule has 0 saturated heterocycles. The zero-order valence-electron chi connectivity index (χ0n) is 6.63. The van der Waals surface area contributed by atoms with Crippen LogP contribution in [-0.4, -0.2) is 30.1 Å². The number of nitrogens with one attached hydrogen (secondary N) is 1. The fourth-order valence-electron chi connectivity index (χ4n) is 0.650. The van der Waals surface area contributed by atoms with Gasteiger partial charge in [0.15, 0.2) is 0 Å². The zero-order chi connectivity index (χ0) is 8.10. The Morgan fingerprint density at radius 3 is 3.00 bits per heavy atom. The van der Waals surface area contributed by atoms with E-state index in [2.05, 4.69) is 14.7 Å². The van der Waals surface area contributed by atoms with Crippen LogP contribution in [0.25, 0.3) is 0 Å². The van der Waals surface area contributed by atoms with E-state index in [0.29, 0.717) is 6.61 Å². The van der Waals surface area contributed by atoms with Crippen LogP contribution in [0, 0.1) is 0 Å². The van der Waals surface area contributed by atoms with Gasteiger partial charge in [-0.05, 0) is 0 Å². The second-order valence-electron chi connectivity index (χ2n) is 2.01. The normalized spacial score (nSPS) is 10.0. The molecular formula is C6H11N3OS. The van der Waals surface area contributed by atoms with Gasteiger partial charge in [-0.25, -0.2) is 4.98 Å². The van der Waals surface area contributed by atoms with Gasteiger partial charge in [0.05, 0.1) is 6.61 Å². The molecule has 0 saturated carbocycles. The Labute approximate surface area is 69.8 Å². The van der Waals surface area contributed by atoms with Crippen LogP contribution in [-0.2, 0) is 11.2 Å². The van der Waals surface area contributed by atoms with E-state index in [9.17, 15) is 0 Å². The second kappa shape index (κ2) is 4.25. The molecule has 0 atom stereocenters. The zero-order valence-corrected chi connectivity index (χ0v) is 7.44. The maximum Gasteiger partial charge on any atom is 0.202 e. The third-order valence-electron chi connectivity index (χ3n) is 1.21. The predicted molar refractivity (Wildman–Crippen MR) is 45.0 cm³/mol. The average molecular weight is 173 g/mol. The molecule has 5 heteroatoms. The van der Waals surface area contributed by atoms with E-state index < -0.39 is 0 Å². The lowest BCUT2D eigenvalue weighted by Crippen LogP contribution is -1.96. The van der Waals surface area contributed by atoms with Gasteiger partial charge < -0.3 is 10.1 Å². The number of aromatic nitrogens is 2. The van der Waals surface area contributed by atoms with E-state index in [0.717, 1.165) is 17.4 Å². The number of anilines is 1. The number of rotatable bonds is 4. The minimum Gasteiger partial charge on any atom is -0.384 e. The second-order valence-corrected chi connectivity index (χ2v) is 2.76. The fourth-order valence-corrected chi connectivity index (χ4v) is 1.21. The van der Waals surface area contributed by atoms with Gasteiger partial charge in [0.25, 0.3) is 0 Å². The summed E-state index contributed by atoms with van der Waals surface area (Å²) in [5.41, 5.74) is 0. The molecule has 0 unspecified atom stereocenters. The van der Waals surface area contributed by atoms with E-state index >= 15 is 0 Å². The molecule has 0 radical (unpaired) electrons. The van der Waals surface area contributed by atoms with Gasteiger partial charge in [0, 0.05) is 32.1 Å². The van der Waals surface area contributed by atoms with Crippen LogP contribution in [0.5, 0.6) is 0 Å². The molecule has 1 aromatic rings. The lowest BCUT2D eigenvalue weighted by Gasteiger charge is -1.91. The molecule has 0 aromatic carbocycles. The van der Waals surface area contributed by atoms with Gasteiger partial charge in [-0.3, -0.25) is 0 Å². The Morgan fingerprint density at radius 1 is 1.64 bits per heavy atom. The Bertz CT molecular complexity index is 213. The predicted octanol–water partition coefficient (Wildman–Crippen LogP) is 0.769. The molecule has 0 aliphatic carbocycles. The van der Waals surface area contributed by atoms with Crippen molar-refractivity contribution in [3.8, 4) is 0 Å². The van der Waals surface area contributed by atoms with E-state index in [4.69, 9.17) is 4.74 Å². The summed E-state index contributed by atoms with van der Waals surface area (Å²) >= 11 is 1.37. The summed E-state index contributed by atoms with van der Waals surface area (Å²) in [5.74, 6) is 0.848. The Kier molecular flexibility index (Phi) is 3.25. The number of hydrogen-bond acceptors (Lipinski definition) is 5. The van der Waals surface area contributed by atoms with Crippen LogP contribution < -0.4 is 5.32 Å². The highest BCUT2D eigenvalue weighted by Gasteiger charge is 2.00. The van der Waals surface area contributed by atoms with Crippen molar-refractivity contribution in [2.45, 2.75) is 6.42 Å². The molecular weight excluding hydrogens is 162 g/mol. The molecule has 0 fully saturated rings. The topological polar surface area (TPSA) is 47.0 Å². The first-order chi connectivity index (χ1) is 5.36. The summed E-state index contributed by atoms with van der Waals surface area (Å²) in [6, 6.07) is 0. The quantitative estimate of drug-likeness (QED) is 0.730. The number of hydrogen-bond donors (Lipinski definition) is 1. The molecule has 0 bridgehead atoms. The third-order valence-corrected chi connectivity index (χ3v) is 1.98. The standard InChI is InChI=1S/C6H11N3OS/c1-7-6-8-5(9-11-6)3-4-10-2/h3-4H2,1-2H3,(H,7,8,9). The lowest BCUT2D eigenvalue weighted by atomic mass is 10.4. The summed E-state index contributed by atoms with van der Waals surface area (Å²) in [6.07, 6.45) is 0.786. The van der Waals surface area contributed by atoms with Crippen LogP contribution in [0.3, 0.4) is 0 Å². The highest BCUT2D eigenvalue weighted by Crippen LogP contribution is 2.09. The molecule has 0 aliphatic rings. The first-order valence-electron chi connectivity index (χ1n) is 3.36. The molecule has 1 aromatic heterocycles. The number of nitrogens with zero attached hydrogens (tertiary/aromatic N) is 2. The molecule has 1 heterocycles. The minimum absolute atomic E-state index is 0.680. The van der Waals surface area contributed by atoms with E-state index in [1.165, 1.54) is 11.5 Å². The highest BCUT2D eigenvalue weighted by molar-refractivity contribution is 7.09. The van der Waals surface area contributed by atoms with Gasteiger partial charge in [-0.15, -0.1) is 0 Å². The van der Waals surface area contributed by atoms with Gasteiger partial charge in [-0.1, -0.05) is 0 Å². The first kappa shape index (κ1) is 8.42. The lowest BCUT2D eigenvalue weighted by molar-refractivity contribution is 0.201. The molecule has 0 spiro atoms. The van der Waals surface area contributed by atoms with Gasteiger partial charge in [0.2, 0.25) is 5.13 Å². The van der Waals surface area contributed by atoms with E-state index in [-0.39, 0.29) is 0 Å². The fraction of sp³-hybridized carbons (Fsp3) is 0.667. The van der Waals surface area contributed by atoms with Crippen LogP contribution in [0.4, 0.5) is 5.13 Å². The molecule has 0 amide bonds.